The van der Waals surface area contributed by atoms with Gasteiger partial charge in [-0.1, -0.05) is 35.5 Å². The fraction of sp³-hybridized carbons (Fsp3) is 0.350. The van der Waals surface area contributed by atoms with Gasteiger partial charge in [-0.2, -0.15) is 8.42 Å². The highest BCUT2D eigenvalue weighted by Crippen LogP contribution is 2.23. The number of hydrogen-bond acceptors (Lipinski definition) is 11. The van der Waals surface area contributed by atoms with Crippen LogP contribution in [0.4, 0.5) is 5.13 Å². The first kappa shape index (κ1) is 26.1. The molecule has 1 aliphatic heterocycles. The topological polar surface area (TPSA) is 191 Å². The average molecular weight is 526 g/mol. The van der Waals surface area contributed by atoms with E-state index in [1.807, 2.05) is 0 Å². The largest absolute Gasteiger partial charge is 0.457 e. The minimum absolute atomic E-state index is 0.000547. The van der Waals surface area contributed by atoms with Gasteiger partial charge in [-0.05, 0) is 20.8 Å². The van der Waals surface area contributed by atoms with E-state index in [4.69, 9.17) is 19.9 Å². The molecule has 35 heavy (non-hydrogen) atoms. The predicted octanol–water partition coefficient (Wildman–Crippen LogP) is 0.659. The van der Waals surface area contributed by atoms with Gasteiger partial charge >= 0.3 is 16.3 Å². The molecule has 2 atom stereocenters. The molecule has 0 radical (unpaired) electrons. The Kier molecular flexibility index (Phi) is 7.42. The summed E-state index contributed by atoms with van der Waals surface area (Å²) in [6, 6.07) is 7.08. The second kappa shape index (κ2) is 9.97. The number of hydrogen-bond donors (Lipinski definition) is 3. The normalized spacial score (nSPS) is 17.4. The monoisotopic (exact) mass is 525 g/mol. The molecule has 2 aromatic rings. The Bertz CT molecular complexity index is 1250. The van der Waals surface area contributed by atoms with Crippen molar-refractivity contribution in [1.29, 1.82) is 0 Å². The number of oxime groups is 1. The molecule has 13 nitrogen and oxygen atoms in total. The van der Waals surface area contributed by atoms with Crippen molar-refractivity contribution in [3.8, 4) is 0 Å². The van der Waals surface area contributed by atoms with E-state index in [9.17, 15) is 22.8 Å². The first-order valence-corrected chi connectivity index (χ1v) is 12.4. The van der Waals surface area contributed by atoms with E-state index in [0.29, 0.717) is 5.56 Å². The first-order chi connectivity index (χ1) is 16.3. The molecule has 0 saturated carbocycles. The fourth-order valence-corrected chi connectivity index (χ4v) is 4.11. The number of ether oxygens (including phenoxy) is 1. The number of anilines is 1. The fourth-order valence-electron chi connectivity index (χ4n) is 2.87. The second-order valence-electron chi connectivity index (χ2n) is 8.31. The zero-order valence-electron chi connectivity index (χ0n) is 18.9. The Morgan fingerprint density at radius 1 is 1.31 bits per heavy atom. The third-order valence-electron chi connectivity index (χ3n) is 4.43. The number of β-lactam (4-membered cyclic amide) rings is 1. The van der Waals surface area contributed by atoms with E-state index in [-0.39, 0.29) is 15.1 Å². The Balaban J connectivity index is 1.87. The first-order valence-electron chi connectivity index (χ1n) is 10.1. The van der Waals surface area contributed by atoms with Crippen molar-refractivity contribution in [1.82, 2.24) is 14.6 Å². The lowest BCUT2D eigenvalue weighted by Crippen LogP contribution is -2.65. The van der Waals surface area contributed by atoms with Gasteiger partial charge in [-0.3, -0.25) is 14.1 Å². The number of nitrogen functional groups attached to an aromatic ring is 1. The van der Waals surface area contributed by atoms with Crippen molar-refractivity contribution >= 4 is 50.3 Å². The van der Waals surface area contributed by atoms with Crippen LogP contribution in [-0.2, 0) is 34.3 Å². The van der Waals surface area contributed by atoms with E-state index in [1.165, 1.54) is 5.38 Å². The maximum absolute atomic E-state index is 12.9. The molecular formula is C20H23N5O8S2. The van der Waals surface area contributed by atoms with Crippen molar-refractivity contribution in [2.45, 2.75) is 38.5 Å². The minimum atomic E-state index is -4.73. The van der Waals surface area contributed by atoms with Crippen LogP contribution in [0.15, 0.2) is 40.9 Å². The number of rotatable bonds is 8. The van der Waals surface area contributed by atoms with Gasteiger partial charge in [-0.15, -0.1) is 11.3 Å². The van der Waals surface area contributed by atoms with Crippen LogP contribution >= 0.6 is 11.3 Å². The number of aromatic nitrogens is 1. The SMILES string of the molecule is CC(C)(C)OC(=O)C(ON=C(C(=O)N[C@H]1CN(S(=O)(=O)O)C1=O)c1csc(N)n1)c1ccccc1. The summed E-state index contributed by atoms with van der Waals surface area (Å²) in [5.74, 6) is -2.74. The zero-order chi connectivity index (χ0) is 26.0. The van der Waals surface area contributed by atoms with Crippen molar-refractivity contribution < 1.29 is 36.9 Å². The summed E-state index contributed by atoms with van der Waals surface area (Å²) in [5.41, 5.74) is 4.82. The number of benzene rings is 1. The molecule has 1 unspecified atom stereocenters. The molecule has 1 aromatic carbocycles. The number of thiazole rings is 1. The van der Waals surface area contributed by atoms with Crippen LogP contribution in [0.5, 0.6) is 0 Å². The lowest BCUT2D eigenvalue weighted by Gasteiger charge is -2.35. The van der Waals surface area contributed by atoms with E-state index in [1.54, 1.807) is 51.1 Å². The summed E-state index contributed by atoms with van der Waals surface area (Å²) < 4.78 is 36.8. The van der Waals surface area contributed by atoms with E-state index in [2.05, 4.69) is 15.5 Å². The molecule has 2 amide bonds. The molecule has 188 valence electrons. The van der Waals surface area contributed by atoms with E-state index < -0.39 is 58.1 Å². The standard InChI is InChI=1S/C20H23N5O8S2/c1-20(2,3)32-18(28)15(11-7-5-4-6-8-11)33-24-14(13-10-34-19(21)23-13)16(26)22-12-9-25(17(12)27)35(29,30)31/h4-8,10,12,15H,9H2,1-3H3,(H2,21,23)(H,22,26)(H,29,30,31)/t12-,15?/m0/s1. The summed E-state index contributed by atoms with van der Waals surface area (Å²) in [4.78, 5) is 47.2. The van der Waals surface area contributed by atoms with Crippen molar-refractivity contribution in [3.05, 3.63) is 47.0 Å². The minimum Gasteiger partial charge on any atom is -0.457 e. The van der Waals surface area contributed by atoms with Crippen LogP contribution in [0.2, 0.25) is 0 Å². The van der Waals surface area contributed by atoms with Gasteiger partial charge in [0, 0.05) is 10.9 Å². The molecule has 0 spiro atoms. The van der Waals surface area contributed by atoms with Gasteiger partial charge in [0.05, 0.1) is 6.54 Å². The molecule has 3 rings (SSSR count). The lowest BCUT2D eigenvalue weighted by atomic mass is 10.1. The van der Waals surface area contributed by atoms with Crippen LogP contribution in [0.3, 0.4) is 0 Å². The van der Waals surface area contributed by atoms with E-state index in [0.717, 1.165) is 11.3 Å². The third-order valence-corrected chi connectivity index (χ3v) is 5.99. The van der Waals surface area contributed by atoms with Gasteiger partial charge in [-0.25, -0.2) is 14.1 Å². The highest BCUT2D eigenvalue weighted by atomic mass is 32.2. The number of nitrogens with zero attached hydrogens (tertiary/aromatic N) is 3. The summed E-state index contributed by atoms with van der Waals surface area (Å²) in [6.07, 6.45) is -1.34. The van der Waals surface area contributed by atoms with Gasteiger partial charge in [0.15, 0.2) is 10.8 Å². The van der Waals surface area contributed by atoms with Gasteiger partial charge in [0.1, 0.15) is 17.3 Å². The Labute approximate surface area is 204 Å². The molecule has 15 heteroatoms. The second-order valence-corrected chi connectivity index (χ2v) is 10.5. The quantitative estimate of drug-likeness (QED) is 0.145. The van der Waals surface area contributed by atoms with Crippen LogP contribution < -0.4 is 11.1 Å². The van der Waals surface area contributed by atoms with Gasteiger partial charge in [0.25, 0.3) is 11.8 Å². The Hall–Kier alpha value is -3.56. The molecule has 1 saturated heterocycles. The zero-order valence-corrected chi connectivity index (χ0v) is 20.5. The molecule has 4 N–H and O–H groups in total. The number of carbonyl (C=O) groups is 3. The Morgan fingerprint density at radius 3 is 2.49 bits per heavy atom. The highest BCUT2D eigenvalue weighted by Gasteiger charge is 2.45. The van der Waals surface area contributed by atoms with Crippen molar-refractivity contribution in [2.24, 2.45) is 5.16 Å². The summed E-state index contributed by atoms with van der Waals surface area (Å²) >= 11 is 1.01. The van der Waals surface area contributed by atoms with Gasteiger partial charge < -0.3 is 20.6 Å². The highest BCUT2D eigenvalue weighted by molar-refractivity contribution is 7.84. The van der Waals surface area contributed by atoms with Crippen LogP contribution in [-0.4, -0.2) is 63.9 Å². The van der Waals surface area contributed by atoms with Crippen LogP contribution in [0, 0.1) is 0 Å². The average Bonchev–Trinajstić information content (AvgIpc) is 3.17. The van der Waals surface area contributed by atoms with Crippen LogP contribution in [0.1, 0.15) is 38.1 Å². The molecule has 1 fully saturated rings. The summed E-state index contributed by atoms with van der Waals surface area (Å²) in [6.45, 7) is 4.57. The van der Waals surface area contributed by atoms with Crippen molar-refractivity contribution in [3.63, 3.8) is 0 Å². The maximum Gasteiger partial charge on any atom is 0.362 e. The smallest absolute Gasteiger partial charge is 0.362 e. The predicted molar refractivity (Wildman–Crippen MR) is 124 cm³/mol. The molecule has 1 aliphatic rings. The molecule has 0 bridgehead atoms. The summed E-state index contributed by atoms with van der Waals surface area (Å²) in [7, 11) is -4.73. The molecule has 1 aromatic heterocycles. The molecule has 0 aliphatic carbocycles. The number of nitrogens with two attached hydrogens (primary N) is 1. The molecular weight excluding hydrogens is 502 g/mol. The third kappa shape index (κ3) is 6.52. The Morgan fingerprint density at radius 2 is 1.97 bits per heavy atom. The molecule has 2 heterocycles. The summed E-state index contributed by atoms with van der Waals surface area (Å²) in [5, 5.41) is 7.66. The lowest BCUT2D eigenvalue weighted by molar-refractivity contribution is -0.169. The maximum atomic E-state index is 12.9. The number of amides is 2. The van der Waals surface area contributed by atoms with Crippen molar-refractivity contribution in [2.75, 3.05) is 12.3 Å². The number of esters is 1. The van der Waals surface area contributed by atoms with Gasteiger partial charge in [0.2, 0.25) is 6.10 Å². The van der Waals surface area contributed by atoms with E-state index >= 15 is 0 Å². The van der Waals surface area contributed by atoms with Crippen LogP contribution in [0.25, 0.3) is 0 Å². The number of nitrogens with one attached hydrogen (secondary N) is 1. The number of carbonyl (C=O) groups excluding carboxylic acids is 3.